The molecule has 7 heteroatoms. The molecule has 1 N–H and O–H groups in total. The third kappa shape index (κ3) is 3.59. The second kappa shape index (κ2) is 7.05. The monoisotopic (exact) mass is 347 g/mol. The first-order valence-corrected chi connectivity index (χ1v) is 8.18. The van der Waals surface area contributed by atoms with Crippen molar-refractivity contribution >= 4 is 23.2 Å². The number of hydrogen-bond donors (Lipinski definition) is 1. The molecule has 0 fully saturated rings. The maximum atomic E-state index is 12.3. The molecule has 2 aromatic rings. The normalized spacial score (nSPS) is 13.2. The highest BCUT2D eigenvalue weighted by Crippen LogP contribution is 2.27. The van der Waals surface area contributed by atoms with Crippen LogP contribution in [0.2, 0.25) is 5.02 Å². The minimum absolute atomic E-state index is 0.151. The summed E-state index contributed by atoms with van der Waals surface area (Å²) in [5.74, 6) is 0.138. The molecule has 1 aliphatic carbocycles. The molecule has 1 amide bonds. The molecule has 1 aromatic heterocycles. The van der Waals surface area contributed by atoms with Gasteiger partial charge in [-0.15, -0.1) is 0 Å². The fourth-order valence-corrected chi connectivity index (χ4v) is 2.99. The van der Waals surface area contributed by atoms with E-state index in [9.17, 15) is 9.59 Å². The number of benzene rings is 1. The Morgan fingerprint density at radius 1 is 1.33 bits per heavy atom. The third-order valence-electron chi connectivity index (χ3n) is 4.00. The van der Waals surface area contributed by atoms with Crippen LogP contribution in [-0.2, 0) is 24.2 Å². The van der Waals surface area contributed by atoms with E-state index in [1.165, 1.54) is 11.8 Å². The Labute approximate surface area is 144 Å². The molecular formula is C17H18ClN3O3. The van der Waals surface area contributed by atoms with Gasteiger partial charge >= 0.3 is 0 Å². The first kappa shape index (κ1) is 16.5. The summed E-state index contributed by atoms with van der Waals surface area (Å²) in [5.41, 5.74) is 2.11. The molecule has 24 heavy (non-hydrogen) atoms. The van der Waals surface area contributed by atoms with E-state index in [0.717, 1.165) is 36.9 Å². The molecule has 0 radical (unpaired) electrons. The van der Waals surface area contributed by atoms with Crippen molar-refractivity contribution in [2.45, 2.75) is 32.2 Å². The number of halogens is 1. The van der Waals surface area contributed by atoms with E-state index < -0.39 is 0 Å². The van der Waals surface area contributed by atoms with Crippen LogP contribution in [0.5, 0.6) is 5.75 Å². The first-order valence-electron chi connectivity index (χ1n) is 7.80. The quantitative estimate of drug-likeness (QED) is 0.921. The first-order chi connectivity index (χ1) is 11.6. The Morgan fingerprint density at radius 2 is 2.12 bits per heavy atom. The molecule has 126 valence electrons. The molecule has 1 aromatic carbocycles. The van der Waals surface area contributed by atoms with E-state index in [1.54, 1.807) is 24.3 Å². The van der Waals surface area contributed by atoms with Crippen molar-refractivity contribution < 1.29 is 9.53 Å². The van der Waals surface area contributed by atoms with E-state index >= 15 is 0 Å². The SMILES string of the molecule is COc1ccc(Cl)cc1NC(=O)Cn1nc2c(cc1=O)CCCC2. The Kier molecular flexibility index (Phi) is 4.85. The second-order valence-corrected chi connectivity index (χ2v) is 6.15. The number of rotatable bonds is 4. The van der Waals surface area contributed by atoms with Crippen molar-refractivity contribution in [3.8, 4) is 5.75 Å². The van der Waals surface area contributed by atoms with Crippen LogP contribution >= 0.6 is 11.6 Å². The predicted molar refractivity (Wildman–Crippen MR) is 91.8 cm³/mol. The molecule has 0 bridgehead atoms. The summed E-state index contributed by atoms with van der Waals surface area (Å²) in [6.45, 7) is -0.151. The minimum Gasteiger partial charge on any atom is -0.495 e. The van der Waals surface area contributed by atoms with E-state index in [4.69, 9.17) is 16.3 Å². The van der Waals surface area contributed by atoms with Crippen molar-refractivity contribution in [3.05, 3.63) is 50.9 Å². The molecular weight excluding hydrogens is 330 g/mol. The van der Waals surface area contributed by atoms with Crippen molar-refractivity contribution in [1.29, 1.82) is 0 Å². The molecule has 0 saturated carbocycles. The molecule has 0 unspecified atom stereocenters. The zero-order valence-corrected chi connectivity index (χ0v) is 14.1. The number of methoxy groups -OCH3 is 1. The van der Waals surface area contributed by atoms with E-state index in [-0.39, 0.29) is 18.0 Å². The van der Waals surface area contributed by atoms with Gasteiger partial charge < -0.3 is 10.1 Å². The molecule has 6 nitrogen and oxygen atoms in total. The van der Waals surface area contributed by atoms with Gasteiger partial charge in [-0.2, -0.15) is 5.10 Å². The smallest absolute Gasteiger partial charge is 0.267 e. The molecule has 1 heterocycles. The number of hydrogen-bond acceptors (Lipinski definition) is 4. The highest BCUT2D eigenvalue weighted by atomic mass is 35.5. The van der Waals surface area contributed by atoms with Gasteiger partial charge in [0, 0.05) is 11.1 Å². The van der Waals surface area contributed by atoms with Gasteiger partial charge in [0.15, 0.2) is 0 Å². The number of fused-ring (bicyclic) bond motifs is 1. The number of ether oxygens (including phenoxy) is 1. The topological polar surface area (TPSA) is 73.2 Å². The number of anilines is 1. The summed E-state index contributed by atoms with van der Waals surface area (Å²) < 4.78 is 6.40. The maximum Gasteiger partial charge on any atom is 0.267 e. The summed E-state index contributed by atoms with van der Waals surface area (Å²) in [6.07, 6.45) is 3.86. The lowest BCUT2D eigenvalue weighted by atomic mass is 9.97. The highest BCUT2D eigenvalue weighted by molar-refractivity contribution is 6.31. The summed E-state index contributed by atoms with van der Waals surface area (Å²) in [7, 11) is 1.51. The number of carbonyl (C=O) groups excluding carboxylic acids is 1. The lowest BCUT2D eigenvalue weighted by Crippen LogP contribution is -2.31. The van der Waals surface area contributed by atoms with Crippen molar-refractivity contribution in [1.82, 2.24) is 9.78 Å². The number of aromatic nitrogens is 2. The van der Waals surface area contributed by atoms with Crippen LogP contribution in [0, 0.1) is 0 Å². The van der Waals surface area contributed by atoms with Crippen LogP contribution in [0.3, 0.4) is 0 Å². The molecule has 0 atom stereocenters. The Hall–Kier alpha value is -2.34. The molecule has 0 aliphatic heterocycles. The van der Waals surface area contributed by atoms with Gasteiger partial charge in [-0.05, 0) is 49.4 Å². The van der Waals surface area contributed by atoms with Crippen molar-refractivity contribution in [2.24, 2.45) is 0 Å². The molecule has 3 rings (SSSR count). The van der Waals surface area contributed by atoms with Gasteiger partial charge in [0.1, 0.15) is 12.3 Å². The fourth-order valence-electron chi connectivity index (χ4n) is 2.82. The van der Waals surface area contributed by atoms with Crippen LogP contribution in [0.4, 0.5) is 5.69 Å². The lowest BCUT2D eigenvalue weighted by Gasteiger charge is -2.16. The van der Waals surface area contributed by atoms with Crippen LogP contribution in [0.1, 0.15) is 24.1 Å². The molecule has 1 aliphatic rings. The van der Waals surface area contributed by atoms with Gasteiger partial charge in [-0.3, -0.25) is 9.59 Å². The highest BCUT2D eigenvalue weighted by Gasteiger charge is 2.15. The average Bonchev–Trinajstić information content (AvgIpc) is 2.55. The largest absolute Gasteiger partial charge is 0.495 e. The maximum absolute atomic E-state index is 12.3. The van der Waals surface area contributed by atoms with Crippen molar-refractivity contribution in [2.75, 3.05) is 12.4 Å². The lowest BCUT2D eigenvalue weighted by molar-refractivity contribution is -0.117. The summed E-state index contributed by atoms with van der Waals surface area (Å²) in [6, 6.07) is 6.53. The zero-order chi connectivity index (χ0) is 17.1. The number of carbonyl (C=O) groups is 1. The number of amides is 1. The number of aryl methyl sites for hydroxylation is 2. The zero-order valence-electron chi connectivity index (χ0n) is 13.3. The van der Waals surface area contributed by atoms with E-state index in [0.29, 0.717) is 16.5 Å². The van der Waals surface area contributed by atoms with Crippen LogP contribution in [-0.4, -0.2) is 22.8 Å². The summed E-state index contributed by atoms with van der Waals surface area (Å²) in [5, 5.41) is 7.53. The average molecular weight is 348 g/mol. The molecule has 0 saturated heterocycles. The van der Waals surface area contributed by atoms with Gasteiger partial charge in [0.05, 0.1) is 18.5 Å². The van der Waals surface area contributed by atoms with Gasteiger partial charge in [0.2, 0.25) is 5.91 Å². The second-order valence-electron chi connectivity index (χ2n) is 5.71. The summed E-state index contributed by atoms with van der Waals surface area (Å²) in [4.78, 5) is 24.4. The van der Waals surface area contributed by atoms with Gasteiger partial charge in [-0.25, -0.2) is 4.68 Å². The number of nitrogens with zero attached hydrogens (tertiary/aromatic N) is 2. The van der Waals surface area contributed by atoms with Crippen LogP contribution in [0.25, 0.3) is 0 Å². The Bertz CT molecular complexity index is 832. The fraction of sp³-hybridized carbons (Fsp3) is 0.353. The summed E-state index contributed by atoms with van der Waals surface area (Å²) >= 11 is 5.95. The number of nitrogens with one attached hydrogen (secondary N) is 1. The van der Waals surface area contributed by atoms with E-state index in [2.05, 4.69) is 10.4 Å². The van der Waals surface area contributed by atoms with E-state index in [1.807, 2.05) is 0 Å². The van der Waals surface area contributed by atoms with Crippen LogP contribution in [0.15, 0.2) is 29.1 Å². The minimum atomic E-state index is -0.360. The standard InChI is InChI=1S/C17H18ClN3O3/c1-24-15-7-6-12(18)9-14(15)19-16(22)10-21-17(23)8-11-4-2-3-5-13(11)20-21/h6-9H,2-5,10H2,1H3,(H,19,22). The van der Waals surface area contributed by atoms with Crippen LogP contribution < -0.4 is 15.6 Å². The van der Waals surface area contributed by atoms with Gasteiger partial charge in [-0.1, -0.05) is 11.6 Å². The third-order valence-corrected chi connectivity index (χ3v) is 4.24. The Balaban J connectivity index is 1.78. The van der Waals surface area contributed by atoms with Gasteiger partial charge in [0.25, 0.3) is 5.56 Å². The predicted octanol–water partition coefficient (Wildman–Crippen LogP) is 2.42. The Morgan fingerprint density at radius 3 is 2.92 bits per heavy atom. The molecule has 0 spiro atoms. The van der Waals surface area contributed by atoms with Crippen molar-refractivity contribution in [3.63, 3.8) is 0 Å².